The van der Waals surface area contributed by atoms with Crippen LogP contribution in [0.1, 0.15) is 5.56 Å². The zero-order chi connectivity index (χ0) is 9.97. The number of nitrogens with zero attached hydrogens (tertiary/aromatic N) is 3. The summed E-state index contributed by atoms with van der Waals surface area (Å²) in [5.41, 5.74) is 1.65. The summed E-state index contributed by atoms with van der Waals surface area (Å²) in [4.78, 5) is 3.85. The van der Waals surface area contributed by atoms with Gasteiger partial charge in [-0.05, 0) is 18.2 Å². The summed E-state index contributed by atoms with van der Waals surface area (Å²) >= 11 is 3.34. The average molecular weight is 254 g/mol. The Hall–Kier alpha value is -1.20. The highest BCUT2D eigenvalue weighted by molar-refractivity contribution is 9.10. The maximum Gasteiger partial charge on any atom is 0.138 e. The van der Waals surface area contributed by atoms with Crippen molar-refractivity contribution in [2.45, 2.75) is 6.61 Å². The van der Waals surface area contributed by atoms with Gasteiger partial charge in [-0.25, -0.2) is 9.67 Å². The minimum absolute atomic E-state index is 0.0192. The lowest BCUT2D eigenvalue weighted by molar-refractivity contribution is 0.281. The van der Waals surface area contributed by atoms with E-state index in [9.17, 15) is 0 Å². The van der Waals surface area contributed by atoms with E-state index < -0.39 is 0 Å². The monoisotopic (exact) mass is 253 g/mol. The van der Waals surface area contributed by atoms with E-state index in [1.54, 1.807) is 11.0 Å². The van der Waals surface area contributed by atoms with E-state index >= 15 is 0 Å². The Kier molecular flexibility index (Phi) is 2.60. The van der Waals surface area contributed by atoms with E-state index in [-0.39, 0.29) is 6.61 Å². The molecular weight excluding hydrogens is 246 g/mol. The lowest BCUT2D eigenvalue weighted by atomic mass is 10.2. The minimum Gasteiger partial charge on any atom is -0.392 e. The third-order valence-electron chi connectivity index (χ3n) is 1.88. The van der Waals surface area contributed by atoms with Crippen LogP contribution in [0.4, 0.5) is 0 Å². The average Bonchev–Trinajstić information content (AvgIpc) is 2.70. The molecule has 0 spiro atoms. The zero-order valence-corrected chi connectivity index (χ0v) is 8.85. The Bertz CT molecular complexity index is 428. The van der Waals surface area contributed by atoms with Crippen molar-refractivity contribution in [2.24, 2.45) is 0 Å². The maximum atomic E-state index is 9.16. The molecule has 0 aliphatic carbocycles. The zero-order valence-electron chi connectivity index (χ0n) is 7.26. The molecular formula is C9H8BrN3O. The van der Waals surface area contributed by atoms with Crippen molar-refractivity contribution in [3.05, 3.63) is 40.9 Å². The van der Waals surface area contributed by atoms with E-state index in [1.807, 2.05) is 18.2 Å². The van der Waals surface area contributed by atoms with E-state index in [2.05, 4.69) is 26.0 Å². The lowest BCUT2D eigenvalue weighted by Gasteiger charge is -2.06. The molecule has 0 fully saturated rings. The second-order valence-corrected chi connectivity index (χ2v) is 3.69. The number of aliphatic hydroxyl groups excluding tert-OH is 1. The number of benzene rings is 1. The topological polar surface area (TPSA) is 50.9 Å². The van der Waals surface area contributed by atoms with Gasteiger partial charge in [0, 0.05) is 10.0 Å². The van der Waals surface area contributed by atoms with Crippen molar-refractivity contribution in [1.82, 2.24) is 14.8 Å². The van der Waals surface area contributed by atoms with E-state index in [0.29, 0.717) is 0 Å². The first-order valence-corrected chi connectivity index (χ1v) is 4.85. The van der Waals surface area contributed by atoms with Crippen LogP contribution >= 0.6 is 15.9 Å². The molecule has 1 aromatic heterocycles. The molecule has 2 aromatic rings. The van der Waals surface area contributed by atoms with Crippen molar-refractivity contribution in [3.63, 3.8) is 0 Å². The molecule has 72 valence electrons. The van der Waals surface area contributed by atoms with Crippen LogP contribution in [0.5, 0.6) is 0 Å². The summed E-state index contributed by atoms with van der Waals surface area (Å²) in [6.45, 7) is -0.0192. The van der Waals surface area contributed by atoms with Crippen molar-refractivity contribution >= 4 is 15.9 Å². The van der Waals surface area contributed by atoms with Crippen molar-refractivity contribution in [3.8, 4) is 5.69 Å². The van der Waals surface area contributed by atoms with Crippen LogP contribution in [0.25, 0.3) is 5.69 Å². The van der Waals surface area contributed by atoms with Gasteiger partial charge in [-0.15, -0.1) is 0 Å². The van der Waals surface area contributed by atoms with Crippen LogP contribution in [0.3, 0.4) is 0 Å². The van der Waals surface area contributed by atoms with Gasteiger partial charge in [-0.3, -0.25) is 0 Å². The summed E-state index contributed by atoms with van der Waals surface area (Å²) in [5.74, 6) is 0. The molecule has 0 aliphatic rings. The smallest absolute Gasteiger partial charge is 0.138 e. The molecule has 0 unspecified atom stereocenters. The summed E-state index contributed by atoms with van der Waals surface area (Å²) < 4.78 is 2.56. The van der Waals surface area contributed by atoms with Crippen LogP contribution in [-0.4, -0.2) is 19.9 Å². The third-order valence-corrected chi connectivity index (χ3v) is 2.37. The highest BCUT2D eigenvalue weighted by atomic mass is 79.9. The number of aliphatic hydroxyl groups is 1. The van der Waals surface area contributed by atoms with Crippen LogP contribution < -0.4 is 0 Å². The van der Waals surface area contributed by atoms with Gasteiger partial charge < -0.3 is 5.11 Å². The first-order valence-electron chi connectivity index (χ1n) is 4.05. The Morgan fingerprint density at radius 2 is 2.29 bits per heavy atom. The fraction of sp³-hybridized carbons (Fsp3) is 0.111. The molecule has 1 heterocycles. The molecule has 5 heteroatoms. The molecule has 1 aromatic carbocycles. The lowest BCUT2D eigenvalue weighted by Crippen LogP contribution is -1.99. The Morgan fingerprint density at radius 1 is 1.43 bits per heavy atom. The first kappa shape index (κ1) is 9.36. The van der Waals surface area contributed by atoms with E-state index in [0.717, 1.165) is 15.7 Å². The van der Waals surface area contributed by atoms with Gasteiger partial charge >= 0.3 is 0 Å². The number of rotatable bonds is 2. The van der Waals surface area contributed by atoms with Crippen molar-refractivity contribution in [2.75, 3.05) is 0 Å². The SMILES string of the molecule is OCc1cc(Br)ccc1-n1cncn1. The highest BCUT2D eigenvalue weighted by Crippen LogP contribution is 2.19. The fourth-order valence-electron chi connectivity index (χ4n) is 1.24. The molecule has 1 N–H and O–H groups in total. The molecule has 0 bridgehead atoms. The van der Waals surface area contributed by atoms with Crippen LogP contribution in [0.2, 0.25) is 0 Å². The Balaban J connectivity index is 2.53. The van der Waals surface area contributed by atoms with Crippen molar-refractivity contribution < 1.29 is 5.11 Å². The van der Waals surface area contributed by atoms with Crippen LogP contribution in [-0.2, 0) is 6.61 Å². The summed E-state index contributed by atoms with van der Waals surface area (Å²) in [6, 6.07) is 5.64. The second kappa shape index (κ2) is 3.89. The van der Waals surface area contributed by atoms with E-state index in [4.69, 9.17) is 5.11 Å². The Morgan fingerprint density at radius 3 is 2.93 bits per heavy atom. The second-order valence-electron chi connectivity index (χ2n) is 2.77. The fourth-order valence-corrected chi connectivity index (χ4v) is 1.65. The molecule has 2 rings (SSSR count). The van der Waals surface area contributed by atoms with Gasteiger partial charge in [0.15, 0.2) is 0 Å². The van der Waals surface area contributed by atoms with Gasteiger partial charge in [0.25, 0.3) is 0 Å². The van der Waals surface area contributed by atoms with Gasteiger partial charge in [-0.2, -0.15) is 5.10 Å². The Labute approximate surface area is 89.3 Å². The normalized spacial score (nSPS) is 10.4. The van der Waals surface area contributed by atoms with Crippen LogP contribution in [0, 0.1) is 0 Å². The summed E-state index contributed by atoms with van der Waals surface area (Å²) in [5, 5.41) is 13.2. The number of hydrogen-bond donors (Lipinski definition) is 1. The van der Waals surface area contributed by atoms with Gasteiger partial charge in [0.05, 0.1) is 12.3 Å². The molecule has 0 saturated heterocycles. The number of hydrogen-bond acceptors (Lipinski definition) is 3. The number of halogens is 1. The predicted octanol–water partition coefficient (Wildman–Crippen LogP) is 1.52. The largest absolute Gasteiger partial charge is 0.392 e. The summed E-state index contributed by atoms with van der Waals surface area (Å²) in [6.07, 6.45) is 3.06. The molecule has 0 aliphatic heterocycles. The molecule has 0 radical (unpaired) electrons. The van der Waals surface area contributed by atoms with Gasteiger partial charge in [0.2, 0.25) is 0 Å². The molecule has 0 amide bonds. The maximum absolute atomic E-state index is 9.16. The van der Waals surface area contributed by atoms with Gasteiger partial charge in [-0.1, -0.05) is 15.9 Å². The van der Waals surface area contributed by atoms with Crippen molar-refractivity contribution in [1.29, 1.82) is 0 Å². The summed E-state index contributed by atoms with van der Waals surface area (Å²) in [7, 11) is 0. The molecule has 0 atom stereocenters. The molecule has 4 nitrogen and oxygen atoms in total. The quantitative estimate of drug-likeness (QED) is 0.883. The standard InChI is InChI=1S/C9H8BrN3O/c10-8-1-2-9(7(3-8)4-14)13-6-11-5-12-13/h1-3,5-6,14H,4H2. The third kappa shape index (κ3) is 1.69. The van der Waals surface area contributed by atoms with Crippen LogP contribution in [0.15, 0.2) is 35.3 Å². The minimum atomic E-state index is -0.0192. The predicted molar refractivity (Wildman–Crippen MR) is 55.0 cm³/mol. The first-order chi connectivity index (χ1) is 6.81. The van der Waals surface area contributed by atoms with E-state index in [1.165, 1.54) is 6.33 Å². The highest BCUT2D eigenvalue weighted by Gasteiger charge is 2.04. The molecule has 14 heavy (non-hydrogen) atoms. The molecule has 0 saturated carbocycles. The van der Waals surface area contributed by atoms with Gasteiger partial charge in [0.1, 0.15) is 12.7 Å². The number of aromatic nitrogens is 3.